The van der Waals surface area contributed by atoms with Gasteiger partial charge in [0.2, 0.25) is 0 Å². The highest BCUT2D eigenvalue weighted by Crippen LogP contribution is 2.20. The van der Waals surface area contributed by atoms with Crippen molar-refractivity contribution in [2.45, 2.75) is 26.9 Å². The van der Waals surface area contributed by atoms with Crippen LogP contribution < -0.4 is 10.1 Å². The molecule has 0 fully saturated rings. The van der Waals surface area contributed by atoms with Crippen LogP contribution in [-0.4, -0.2) is 32.9 Å². The Balaban J connectivity index is 2.64. The molecule has 0 saturated carbocycles. The highest BCUT2D eigenvalue weighted by molar-refractivity contribution is 5.35. The second-order valence-electron chi connectivity index (χ2n) is 4.27. The van der Waals surface area contributed by atoms with Gasteiger partial charge in [-0.1, -0.05) is 24.6 Å². The largest absolute Gasteiger partial charge is 0.486 e. The summed E-state index contributed by atoms with van der Waals surface area (Å²) in [6.45, 7) is 8.58. The molecule has 0 heterocycles. The van der Waals surface area contributed by atoms with Crippen LogP contribution in [0.4, 0.5) is 0 Å². The van der Waals surface area contributed by atoms with E-state index in [-0.39, 0.29) is 6.10 Å². The van der Waals surface area contributed by atoms with Crippen molar-refractivity contribution in [3.05, 3.63) is 29.3 Å². The number of hydrogen-bond acceptors (Lipinski definition) is 3. The average Bonchev–Trinajstić information content (AvgIpc) is 2.29. The molecule has 1 aromatic carbocycles. The first kappa shape index (κ1) is 14.0. The second kappa shape index (κ2) is 7.30. The Kier molecular flexibility index (Phi) is 6.01. The van der Waals surface area contributed by atoms with Crippen molar-refractivity contribution in [1.82, 2.24) is 5.32 Å². The van der Waals surface area contributed by atoms with E-state index in [1.165, 1.54) is 11.1 Å². The van der Waals surface area contributed by atoms with Gasteiger partial charge in [0.05, 0.1) is 6.61 Å². The maximum Gasteiger partial charge on any atom is 0.134 e. The van der Waals surface area contributed by atoms with Crippen molar-refractivity contribution >= 4 is 0 Å². The summed E-state index contributed by atoms with van der Waals surface area (Å²) in [6, 6.07) is 6.23. The van der Waals surface area contributed by atoms with Gasteiger partial charge < -0.3 is 14.8 Å². The summed E-state index contributed by atoms with van der Waals surface area (Å²) in [6.07, 6.45) is 0.0568. The van der Waals surface area contributed by atoms with E-state index in [9.17, 15) is 0 Å². The molecule has 1 aromatic rings. The van der Waals surface area contributed by atoms with Gasteiger partial charge in [0.15, 0.2) is 0 Å². The Morgan fingerprint density at radius 1 is 1.29 bits per heavy atom. The molecular weight excluding hydrogens is 214 g/mol. The molecule has 0 amide bonds. The fourth-order valence-corrected chi connectivity index (χ4v) is 1.74. The van der Waals surface area contributed by atoms with Crippen molar-refractivity contribution in [2.75, 3.05) is 26.8 Å². The van der Waals surface area contributed by atoms with Crippen LogP contribution >= 0.6 is 0 Å². The average molecular weight is 237 g/mol. The van der Waals surface area contributed by atoms with Gasteiger partial charge >= 0.3 is 0 Å². The molecule has 0 aromatic heterocycles. The molecule has 3 nitrogen and oxygen atoms in total. The van der Waals surface area contributed by atoms with Gasteiger partial charge in [-0.15, -0.1) is 0 Å². The van der Waals surface area contributed by atoms with Crippen LogP contribution in [0.3, 0.4) is 0 Å². The molecule has 3 heteroatoms. The van der Waals surface area contributed by atoms with Crippen LogP contribution in [0, 0.1) is 13.8 Å². The molecule has 0 aliphatic heterocycles. The van der Waals surface area contributed by atoms with E-state index in [1.807, 2.05) is 6.07 Å². The van der Waals surface area contributed by atoms with Gasteiger partial charge in [-0.2, -0.15) is 0 Å². The van der Waals surface area contributed by atoms with Crippen molar-refractivity contribution in [1.29, 1.82) is 0 Å². The van der Waals surface area contributed by atoms with Gasteiger partial charge in [0.1, 0.15) is 11.9 Å². The number of likely N-dealkylation sites (N-methyl/N-ethyl adjacent to an activating group) is 1. The monoisotopic (exact) mass is 237 g/mol. The molecule has 1 N–H and O–H groups in total. The molecule has 0 aliphatic rings. The summed E-state index contributed by atoms with van der Waals surface area (Å²) in [5, 5.41) is 3.28. The first-order valence-corrected chi connectivity index (χ1v) is 6.11. The maximum absolute atomic E-state index is 5.96. The summed E-state index contributed by atoms with van der Waals surface area (Å²) in [4.78, 5) is 0. The number of ether oxygens (including phenoxy) is 2. The zero-order valence-corrected chi connectivity index (χ0v) is 11.2. The Bertz CT molecular complexity index is 339. The third-order valence-electron chi connectivity index (χ3n) is 2.60. The van der Waals surface area contributed by atoms with Crippen molar-refractivity contribution in [3.63, 3.8) is 0 Å². The summed E-state index contributed by atoms with van der Waals surface area (Å²) >= 11 is 0. The molecule has 0 spiro atoms. The maximum atomic E-state index is 5.96. The van der Waals surface area contributed by atoms with Crippen molar-refractivity contribution in [3.8, 4) is 5.75 Å². The van der Waals surface area contributed by atoms with E-state index in [0.29, 0.717) is 6.61 Å². The van der Waals surface area contributed by atoms with Gasteiger partial charge in [0.25, 0.3) is 0 Å². The lowest BCUT2D eigenvalue weighted by Gasteiger charge is -2.20. The number of nitrogens with one attached hydrogen (secondary N) is 1. The smallest absolute Gasteiger partial charge is 0.134 e. The molecule has 1 atom stereocenters. The predicted octanol–water partition coefficient (Wildman–Crippen LogP) is 2.31. The lowest BCUT2D eigenvalue weighted by Crippen LogP contribution is -2.35. The van der Waals surface area contributed by atoms with Crippen molar-refractivity contribution < 1.29 is 9.47 Å². The highest BCUT2D eigenvalue weighted by Gasteiger charge is 2.11. The van der Waals surface area contributed by atoms with Crippen LogP contribution in [0.1, 0.15) is 18.1 Å². The molecule has 17 heavy (non-hydrogen) atoms. The molecule has 1 unspecified atom stereocenters. The van der Waals surface area contributed by atoms with Crippen molar-refractivity contribution in [2.24, 2.45) is 0 Å². The summed E-state index contributed by atoms with van der Waals surface area (Å²) < 4.78 is 11.1. The van der Waals surface area contributed by atoms with Gasteiger partial charge in [-0.25, -0.2) is 0 Å². The number of benzene rings is 1. The predicted molar refractivity (Wildman–Crippen MR) is 70.8 cm³/mol. The SMILES string of the molecule is CCNCC(COC)Oc1ccc(C)cc1C. The molecule has 1 rings (SSSR count). The van der Waals surface area contributed by atoms with E-state index in [0.717, 1.165) is 18.8 Å². The highest BCUT2D eigenvalue weighted by atomic mass is 16.5. The Morgan fingerprint density at radius 2 is 2.06 bits per heavy atom. The second-order valence-corrected chi connectivity index (χ2v) is 4.27. The minimum absolute atomic E-state index is 0.0568. The van der Waals surface area contributed by atoms with Crippen LogP contribution in [0.5, 0.6) is 5.75 Å². The minimum atomic E-state index is 0.0568. The Morgan fingerprint density at radius 3 is 2.65 bits per heavy atom. The third-order valence-corrected chi connectivity index (χ3v) is 2.60. The molecule has 0 aliphatic carbocycles. The van der Waals surface area contributed by atoms with Gasteiger partial charge in [0, 0.05) is 13.7 Å². The first-order chi connectivity index (χ1) is 8.17. The summed E-state index contributed by atoms with van der Waals surface area (Å²) in [7, 11) is 1.70. The normalized spacial score (nSPS) is 12.5. The Labute approximate surface area is 104 Å². The fourth-order valence-electron chi connectivity index (χ4n) is 1.74. The van der Waals surface area contributed by atoms with Gasteiger partial charge in [-0.3, -0.25) is 0 Å². The van der Waals surface area contributed by atoms with E-state index >= 15 is 0 Å². The zero-order chi connectivity index (χ0) is 12.7. The standard InChI is InChI=1S/C14H23NO2/c1-5-15-9-13(10-16-4)17-14-7-6-11(2)8-12(14)3/h6-8,13,15H,5,9-10H2,1-4H3. The molecule has 96 valence electrons. The van der Waals surface area contributed by atoms with E-state index in [2.05, 4.69) is 38.2 Å². The third kappa shape index (κ3) is 4.75. The van der Waals surface area contributed by atoms with Gasteiger partial charge in [-0.05, 0) is 32.0 Å². The summed E-state index contributed by atoms with van der Waals surface area (Å²) in [5.74, 6) is 0.940. The summed E-state index contributed by atoms with van der Waals surface area (Å²) in [5.41, 5.74) is 2.42. The fraction of sp³-hybridized carbons (Fsp3) is 0.571. The van der Waals surface area contributed by atoms with Crippen LogP contribution in [0.2, 0.25) is 0 Å². The Hall–Kier alpha value is -1.06. The molecule has 0 saturated heterocycles. The number of rotatable bonds is 7. The number of aryl methyl sites for hydroxylation is 2. The molecular formula is C14H23NO2. The van der Waals surface area contributed by atoms with Crippen LogP contribution in [0.15, 0.2) is 18.2 Å². The first-order valence-electron chi connectivity index (χ1n) is 6.11. The van der Waals surface area contributed by atoms with E-state index < -0.39 is 0 Å². The van der Waals surface area contributed by atoms with E-state index in [1.54, 1.807) is 7.11 Å². The molecule has 0 bridgehead atoms. The zero-order valence-electron chi connectivity index (χ0n) is 11.2. The quantitative estimate of drug-likeness (QED) is 0.789. The lowest BCUT2D eigenvalue weighted by molar-refractivity contribution is 0.0805. The number of hydrogen-bond donors (Lipinski definition) is 1. The minimum Gasteiger partial charge on any atom is -0.486 e. The van der Waals surface area contributed by atoms with Crippen LogP contribution in [0.25, 0.3) is 0 Å². The molecule has 0 radical (unpaired) electrons. The topological polar surface area (TPSA) is 30.5 Å². The van der Waals surface area contributed by atoms with Crippen LogP contribution in [-0.2, 0) is 4.74 Å². The van der Waals surface area contributed by atoms with E-state index in [4.69, 9.17) is 9.47 Å². The number of methoxy groups -OCH3 is 1. The lowest BCUT2D eigenvalue weighted by atomic mass is 10.1.